The van der Waals surface area contributed by atoms with Gasteiger partial charge in [-0.1, -0.05) is 18.2 Å². The minimum Gasteiger partial charge on any atom is -0.381 e. The third-order valence-corrected chi connectivity index (χ3v) is 2.60. The van der Waals surface area contributed by atoms with Crippen LogP contribution in [0.3, 0.4) is 0 Å². The predicted molar refractivity (Wildman–Crippen MR) is 58.7 cm³/mol. The van der Waals surface area contributed by atoms with E-state index in [2.05, 4.69) is 5.32 Å². The summed E-state index contributed by atoms with van der Waals surface area (Å²) in [4.78, 5) is 11.6. The molecule has 0 spiro atoms. The molecule has 1 aromatic rings. The second-order valence-electron chi connectivity index (χ2n) is 3.97. The third-order valence-electron chi connectivity index (χ3n) is 2.60. The quantitative estimate of drug-likeness (QED) is 0.819. The molecule has 0 atom stereocenters. The van der Waals surface area contributed by atoms with Crippen LogP contribution in [0.4, 0.5) is 5.69 Å². The first-order chi connectivity index (χ1) is 7.25. The van der Waals surface area contributed by atoms with Gasteiger partial charge in [-0.3, -0.25) is 4.79 Å². The average Bonchev–Trinajstić information content (AvgIpc) is 2.16. The van der Waals surface area contributed by atoms with Crippen molar-refractivity contribution >= 4 is 11.6 Å². The number of carbonyl (C=O) groups is 1. The topological polar surface area (TPSA) is 38.3 Å². The van der Waals surface area contributed by atoms with Crippen LogP contribution in [0.15, 0.2) is 24.3 Å². The van der Waals surface area contributed by atoms with E-state index in [1.54, 1.807) is 0 Å². The van der Waals surface area contributed by atoms with Crippen LogP contribution in [0.2, 0.25) is 0 Å². The molecular weight excluding hydrogens is 190 g/mol. The van der Waals surface area contributed by atoms with Crippen LogP contribution in [0.25, 0.3) is 0 Å². The summed E-state index contributed by atoms with van der Waals surface area (Å²) in [5.41, 5.74) is 2.00. The Bertz CT molecular complexity index is 358. The van der Waals surface area contributed by atoms with Crippen molar-refractivity contribution in [2.75, 3.05) is 18.5 Å². The number of anilines is 1. The molecule has 2 rings (SSSR count). The van der Waals surface area contributed by atoms with Crippen molar-refractivity contribution < 1.29 is 9.53 Å². The van der Waals surface area contributed by atoms with Gasteiger partial charge in [0.1, 0.15) is 0 Å². The predicted octanol–water partition coefficient (Wildman–Crippen LogP) is 1.97. The monoisotopic (exact) mass is 205 g/mol. The maximum Gasteiger partial charge on any atom is 0.224 e. The normalized spacial score (nSPS) is 15.8. The highest BCUT2D eigenvalue weighted by molar-refractivity contribution is 5.91. The summed E-state index contributed by atoms with van der Waals surface area (Å²) in [5, 5.41) is 2.91. The molecule has 15 heavy (non-hydrogen) atoms. The molecule has 0 saturated carbocycles. The average molecular weight is 205 g/mol. The molecule has 1 fully saturated rings. The molecule has 1 saturated heterocycles. The highest BCUT2D eigenvalue weighted by atomic mass is 16.5. The number of hydrogen-bond acceptors (Lipinski definition) is 2. The molecule has 1 N–H and O–H groups in total. The molecule has 1 aliphatic heterocycles. The molecular formula is C12H15NO2. The van der Waals surface area contributed by atoms with Crippen molar-refractivity contribution in [3.8, 4) is 0 Å². The second kappa shape index (κ2) is 4.45. The minimum atomic E-state index is 0.0811. The Morgan fingerprint density at radius 2 is 2.20 bits per heavy atom. The van der Waals surface area contributed by atoms with E-state index in [-0.39, 0.29) is 5.91 Å². The molecule has 0 bridgehead atoms. The van der Waals surface area contributed by atoms with Crippen LogP contribution in [0.1, 0.15) is 12.0 Å². The van der Waals surface area contributed by atoms with Gasteiger partial charge in [0.05, 0.1) is 13.2 Å². The molecule has 0 aliphatic carbocycles. The Balaban J connectivity index is 1.90. The first-order valence-corrected chi connectivity index (χ1v) is 5.19. The van der Waals surface area contributed by atoms with Gasteiger partial charge in [0.15, 0.2) is 0 Å². The fraction of sp³-hybridized carbons (Fsp3) is 0.417. The van der Waals surface area contributed by atoms with E-state index >= 15 is 0 Å². The van der Waals surface area contributed by atoms with Crippen molar-refractivity contribution in [2.45, 2.75) is 13.3 Å². The molecule has 80 valence electrons. The zero-order valence-electron chi connectivity index (χ0n) is 8.82. The van der Waals surface area contributed by atoms with E-state index < -0.39 is 0 Å². The van der Waals surface area contributed by atoms with Crippen LogP contribution < -0.4 is 5.32 Å². The summed E-state index contributed by atoms with van der Waals surface area (Å²) in [5.74, 6) is 0.492. The second-order valence-corrected chi connectivity index (χ2v) is 3.97. The number of para-hydroxylation sites is 1. The molecule has 1 aromatic carbocycles. The number of aryl methyl sites for hydroxylation is 1. The highest BCUT2D eigenvalue weighted by Crippen LogP contribution is 2.17. The number of ether oxygens (including phenoxy) is 1. The van der Waals surface area contributed by atoms with E-state index in [0.717, 1.165) is 24.5 Å². The Hall–Kier alpha value is -1.35. The molecule has 0 unspecified atom stereocenters. The first-order valence-electron chi connectivity index (χ1n) is 5.19. The van der Waals surface area contributed by atoms with E-state index in [1.165, 1.54) is 0 Å². The van der Waals surface area contributed by atoms with Gasteiger partial charge in [0, 0.05) is 18.0 Å². The summed E-state index contributed by atoms with van der Waals surface area (Å²) in [6.07, 6.45) is 0.564. The van der Waals surface area contributed by atoms with Crippen molar-refractivity contribution in [3.63, 3.8) is 0 Å². The number of rotatable bonds is 3. The van der Waals surface area contributed by atoms with Gasteiger partial charge in [-0.25, -0.2) is 0 Å². The Morgan fingerprint density at radius 1 is 1.47 bits per heavy atom. The van der Waals surface area contributed by atoms with Crippen molar-refractivity contribution in [3.05, 3.63) is 29.8 Å². The summed E-state index contributed by atoms with van der Waals surface area (Å²) in [6, 6.07) is 7.80. The molecule has 3 heteroatoms. The van der Waals surface area contributed by atoms with E-state index in [1.807, 2.05) is 31.2 Å². The largest absolute Gasteiger partial charge is 0.381 e. The summed E-state index contributed by atoms with van der Waals surface area (Å²) in [6.45, 7) is 3.43. The molecule has 1 amide bonds. The van der Waals surface area contributed by atoms with Crippen molar-refractivity contribution in [1.29, 1.82) is 0 Å². The van der Waals surface area contributed by atoms with Gasteiger partial charge in [-0.15, -0.1) is 0 Å². The van der Waals surface area contributed by atoms with Crippen LogP contribution in [0.5, 0.6) is 0 Å². The number of carbonyl (C=O) groups excluding carboxylic acids is 1. The van der Waals surface area contributed by atoms with Gasteiger partial charge in [0.2, 0.25) is 5.91 Å². The molecule has 0 aromatic heterocycles. The Morgan fingerprint density at radius 3 is 2.80 bits per heavy atom. The van der Waals surface area contributed by atoms with Gasteiger partial charge in [-0.2, -0.15) is 0 Å². The fourth-order valence-electron chi connectivity index (χ4n) is 1.58. The standard InChI is InChI=1S/C12H15NO2/c1-9-4-2-3-5-11(9)13-12(14)6-10-7-15-8-10/h2-5,10H,6-8H2,1H3,(H,13,14). The van der Waals surface area contributed by atoms with E-state index in [0.29, 0.717) is 12.3 Å². The number of amides is 1. The minimum absolute atomic E-state index is 0.0811. The maximum atomic E-state index is 11.6. The summed E-state index contributed by atoms with van der Waals surface area (Å²) in [7, 11) is 0. The fourth-order valence-corrected chi connectivity index (χ4v) is 1.58. The lowest BCUT2D eigenvalue weighted by molar-refractivity contribution is -0.121. The summed E-state index contributed by atoms with van der Waals surface area (Å²) >= 11 is 0. The third kappa shape index (κ3) is 2.57. The van der Waals surface area contributed by atoms with Gasteiger partial charge >= 0.3 is 0 Å². The Kier molecular flexibility index (Phi) is 3.02. The zero-order valence-corrected chi connectivity index (χ0v) is 8.82. The van der Waals surface area contributed by atoms with Crippen molar-refractivity contribution in [2.24, 2.45) is 5.92 Å². The SMILES string of the molecule is Cc1ccccc1NC(=O)CC1COC1. The van der Waals surface area contributed by atoms with Crippen LogP contribution in [-0.2, 0) is 9.53 Å². The lowest BCUT2D eigenvalue weighted by atomic mass is 10.0. The number of nitrogens with one attached hydrogen (secondary N) is 1. The Labute approximate surface area is 89.4 Å². The number of benzene rings is 1. The molecule has 3 nitrogen and oxygen atoms in total. The smallest absolute Gasteiger partial charge is 0.224 e. The van der Waals surface area contributed by atoms with Crippen molar-refractivity contribution in [1.82, 2.24) is 0 Å². The molecule has 1 aliphatic rings. The zero-order chi connectivity index (χ0) is 10.7. The number of hydrogen-bond donors (Lipinski definition) is 1. The lowest BCUT2D eigenvalue weighted by Crippen LogP contribution is -2.31. The maximum absolute atomic E-state index is 11.6. The molecule has 1 heterocycles. The van der Waals surface area contributed by atoms with Crippen LogP contribution >= 0.6 is 0 Å². The van der Waals surface area contributed by atoms with Crippen LogP contribution in [0, 0.1) is 12.8 Å². The highest BCUT2D eigenvalue weighted by Gasteiger charge is 2.21. The molecule has 0 radical (unpaired) electrons. The van der Waals surface area contributed by atoms with Crippen LogP contribution in [-0.4, -0.2) is 19.1 Å². The summed E-state index contributed by atoms with van der Waals surface area (Å²) < 4.78 is 5.03. The lowest BCUT2D eigenvalue weighted by Gasteiger charge is -2.25. The first kappa shape index (κ1) is 10.2. The van der Waals surface area contributed by atoms with E-state index in [9.17, 15) is 4.79 Å². The van der Waals surface area contributed by atoms with Gasteiger partial charge in [0.25, 0.3) is 0 Å². The van der Waals surface area contributed by atoms with Gasteiger partial charge in [-0.05, 0) is 18.6 Å². The van der Waals surface area contributed by atoms with E-state index in [4.69, 9.17) is 4.74 Å². The van der Waals surface area contributed by atoms with Gasteiger partial charge < -0.3 is 10.1 Å².